The highest BCUT2D eigenvalue weighted by molar-refractivity contribution is 5.69. The molecule has 0 radical (unpaired) electrons. The molecule has 2 heterocycles. The SMILES string of the molecule is CC(C)(C)OC(=O)NC1(c2nc(-c3cnccn3)no2)CCCCC1. The molecule has 2 aromatic heterocycles. The van der Waals surface area contributed by atoms with Gasteiger partial charge < -0.3 is 14.6 Å². The summed E-state index contributed by atoms with van der Waals surface area (Å²) in [6, 6.07) is 0. The normalized spacial score (nSPS) is 17.1. The molecule has 134 valence electrons. The van der Waals surface area contributed by atoms with E-state index in [1.54, 1.807) is 18.6 Å². The van der Waals surface area contributed by atoms with Crippen molar-refractivity contribution in [2.24, 2.45) is 0 Å². The van der Waals surface area contributed by atoms with E-state index in [-0.39, 0.29) is 0 Å². The van der Waals surface area contributed by atoms with Gasteiger partial charge in [0.25, 0.3) is 5.89 Å². The molecule has 25 heavy (non-hydrogen) atoms. The zero-order valence-corrected chi connectivity index (χ0v) is 14.8. The molecular weight excluding hydrogens is 322 g/mol. The minimum Gasteiger partial charge on any atom is -0.444 e. The van der Waals surface area contributed by atoms with Crippen molar-refractivity contribution >= 4 is 6.09 Å². The molecule has 8 nitrogen and oxygen atoms in total. The first kappa shape index (κ1) is 17.3. The van der Waals surface area contributed by atoms with Gasteiger partial charge in [0.1, 0.15) is 16.8 Å². The van der Waals surface area contributed by atoms with Crippen molar-refractivity contribution in [1.29, 1.82) is 0 Å². The van der Waals surface area contributed by atoms with E-state index in [1.807, 2.05) is 20.8 Å². The van der Waals surface area contributed by atoms with Gasteiger partial charge in [0, 0.05) is 12.4 Å². The van der Waals surface area contributed by atoms with Crippen LogP contribution in [0.15, 0.2) is 23.1 Å². The lowest BCUT2D eigenvalue weighted by Gasteiger charge is -2.35. The maximum Gasteiger partial charge on any atom is 0.408 e. The van der Waals surface area contributed by atoms with E-state index in [4.69, 9.17) is 9.26 Å². The van der Waals surface area contributed by atoms with Crippen LogP contribution in [0.4, 0.5) is 4.79 Å². The van der Waals surface area contributed by atoms with E-state index in [1.165, 1.54) is 0 Å². The zero-order chi connectivity index (χ0) is 17.9. The van der Waals surface area contributed by atoms with E-state index in [2.05, 4.69) is 25.4 Å². The summed E-state index contributed by atoms with van der Waals surface area (Å²) in [5.74, 6) is 0.748. The van der Waals surface area contributed by atoms with Crippen molar-refractivity contribution in [1.82, 2.24) is 25.4 Å². The van der Waals surface area contributed by atoms with E-state index in [9.17, 15) is 4.79 Å². The fourth-order valence-electron chi connectivity index (χ4n) is 2.98. The summed E-state index contributed by atoms with van der Waals surface area (Å²) < 4.78 is 10.9. The van der Waals surface area contributed by atoms with Gasteiger partial charge in [-0.2, -0.15) is 4.98 Å². The van der Waals surface area contributed by atoms with E-state index in [0.717, 1.165) is 32.1 Å². The number of amides is 1. The molecule has 2 aromatic rings. The molecular formula is C17H23N5O3. The van der Waals surface area contributed by atoms with Gasteiger partial charge in [-0.3, -0.25) is 4.98 Å². The summed E-state index contributed by atoms with van der Waals surface area (Å²) in [6.07, 6.45) is 8.76. The van der Waals surface area contributed by atoms with E-state index < -0.39 is 17.2 Å². The van der Waals surface area contributed by atoms with E-state index in [0.29, 0.717) is 17.4 Å². The number of hydrogen-bond donors (Lipinski definition) is 1. The van der Waals surface area contributed by atoms with Crippen LogP contribution in [0.25, 0.3) is 11.5 Å². The molecule has 0 unspecified atom stereocenters. The number of nitrogens with one attached hydrogen (secondary N) is 1. The average Bonchev–Trinajstić information content (AvgIpc) is 3.05. The van der Waals surface area contributed by atoms with Crippen molar-refractivity contribution in [3.05, 3.63) is 24.5 Å². The van der Waals surface area contributed by atoms with Crippen LogP contribution in [0.5, 0.6) is 0 Å². The number of ether oxygens (including phenoxy) is 1. The standard InChI is InChI=1S/C17H23N5O3/c1-16(2,3)24-15(23)21-17(7-5-4-6-8-17)14-20-13(22-25-14)12-11-18-9-10-19-12/h9-11H,4-8H2,1-3H3,(H,21,23). The van der Waals surface area contributed by atoms with Crippen molar-refractivity contribution in [2.75, 3.05) is 0 Å². The topological polar surface area (TPSA) is 103 Å². The van der Waals surface area contributed by atoms with Crippen LogP contribution in [0.1, 0.15) is 58.8 Å². The average molecular weight is 345 g/mol. The Labute approximate surface area is 146 Å². The Kier molecular flexibility index (Phi) is 4.69. The second-order valence-corrected chi connectivity index (χ2v) is 7.28. The molecule has 0 saturated heterocycles. The molecule has 0 bridgehead atoms. The minimum absolute atomic E-state index is 0.360. The molecule has 1 amide bonds. The fourth-order valence-corrected chi connectivity index (χ4v) is 2.98. The Hall–Kier alpha value is -2.51. The lowest BCUT2D eigenvalue weighted by atomic mass is 9.81. The molecule has 1 aliphatic rings. The minimum atomic E-state index is -0.700. The second kappa shape index (κ2) is 6.78. The van der Waals surface area contributed by atoms with Crippen LogP contribution in [-0.4, -0.2) is 31.8 Å². The Balaban J connectivity index is 1.86. The van der Waals surface area contributed by atoms with Crippen LogP contribution in [-0.2, 0) is 10.3 Å². The lowest BCUT2D eigenvalue weighted by Crippen LogP contribution is -2.49. The third kappa shape index (κ3) is 4.12. The monoisotopic (exact) mass is 345 g/mol. The van der Waals surface area contributed by atoms with Crippen LogP contribution >= 0.6 is 0 Å². The highest BCUT2D eigenvalue weighted by Gasteiger charge is 2.42. The largest absolute Gasteiger partial charge is 0.444 e. The number of hydrogen-bond acceptors (Lipinski definition) is 7. The summed E-state index contributed by atoms with van der Waals surface area (Å²) in [5.41, 5.74) is -0.742. The molecule has 8 heteroatoms. The molecule has 1 aliphatic carbocycles. The van der Waals surface area contributed by atoms with Crippen molar-refractivity contribution in [3.8, 4) is 11.5 Å². The number of carbonyl (C=O) groups is 1. The van der Waals surface area contributed by atoms with Crippen LogP contribution in [0, 0.1) is 0 Å². The zero-order valence-electron chi connectivity index (χ0n) is 14.8. The third-order valence-corrected chi connectivity index (χ3v) is 4.08. The number of carbonyl (C=O) groups excluding carboxylic acids is 1. The van der Waals surface area contributed by atoms with Crippen molar-refractivity contribution < 1.29 is 14.1 Å². The van der Waals surface area contributed by atoms with Gasteiger partial charge in [-0.15, -0.1) is 0 Å². The van der Waals surface area contributed by atoms with Gasteiger partial charge in [-0.25, -0.2) is 9.78 Å². The van der Waals surface area contributed by atoms with Gasteiger partial charge in [-0.05, 0) is 33.6 Å². The molecule has 0 atom stereocenters. The Morgan fingerprint density at radius 3 is 2.64 bits per heavy atom. The molecule has 1 saturated carbocycles. The number of aromatic nitrogens is 4. The summed E-state index contributed by atoms with van der Waals surface area (Å²) in [5, 5.41) is 6.98. The summed E-state index contributed by atoms with van der Waals surface area (Å²) in [6.45, 7) is 5.50. The van der Waals surface area contributed by atoms with Crippen molar-refractivity contribution in [2.45, 2.75) is 64.0 Å². The molecule has 0 aliphatic heterocycles. The molecule has 0 spiro atoms. The highest BCUT2D eigenvalue weighted by atomic mass is 16.6. The number of nitrogens with zero attached hydrogens (tertiary/aromatic N) is 4. The summed E-state index contributed by atoms with van der Waals surface area (Å²) >= 11 is 0. The van der Waals surface area contributed by atoms with Crippen LogP contribution in [0.3, 0.4) is 0 Å². The highest BCUT2D eigenvalue weighted by Crippen LogP contribution is 2.37. The van der Waals surface area contributed by atoms with E-state index >= 15 is 0 Å². The van der Waals surface area contributed by atoms with Crippen molar-refractivity contribution in [3.63, 3.8) is 0 Å². The first-order chi connectivity index (χ1) is 11.9. The van der Waals surface area contributed by atoms with Gasteiger partial charge in [0.15, 0.2) is 0 Å². The van der Waals surface area contributed by atoms with Gasteiger partial charge >= 0.3 is 6.09 Å². The number of alkyl carbamates (subject to hydrolysis) is 1. The smallest absolute Gasteiger partial charge is 0.408 e. The van der Waals surface area contributed by atoms with Gasteiger partial charge in [0.05, 0.1) is 6.20 Å². The first-order valence-corrected chi connectivity index (χ1v) is 8.50. The summed E-state index contributed by atoms with van der Waals surface area (Å²) in [4.78, 5) is 25.0. The predicted octanol–water partition coefficient (Wildman–Crippen LogP) is 3.21. The third-order valence-electron chi connectivity index (χ3n) is 4.08. The fraction of sp³-hybridized carbons (Fsp3) is 0.588. The summed E-state index contributed by atoms with van der Waals surface area (Å²) in [7, 11) is 0. The maximum atomic E-state index is 12.3. The van der Waals surface area contributed by atoms with Crippen LogP contribution in [0.2, 0.25) is 0 Å². The Bertz CT molecular complexity index is 717. The second-order valence-electron chi connectivity index (χ2n) is 7.28. The molecule has 3 rings (SSSR count). The molecule has 0 aromatic carbocycles. The number of rotatable bonds is 3. The maximum absolute atomic E-state index is 12.3. The quantitative estimate of drug-likeness (QED) is 0.911. The predicted molar refractivity (Wildman–Crippen MR) is 89.5 cm³/mol. The lowest BCUT2D eigenvalue weighted by molar-refractivity contribution is 0.0384. The molecule has 1 N–H and O–H groups in total. The first-order valence-electron chi connectivity index (χ1n) is 8.50. The molecule has 1 fully saturated rings. The Morgan fingerprint density at radius 1 is 1.24 bits per heavy atom. The Morgan fingerprint density at radius 2 is 2.00 bits per heavy atom. The van der Waals surface area contributed by atoms with Gasteiger partial charge in [0.2, 0.25) is 5.82 Å². The van der Waals surface area contributed by atoms with Gasteiger partial charge in [-0.1, -0.05) is 24.4 Å². The van der Waals surface area contributed by atoms with Crippen LogP contribution < -0.4 is 5.32 Å².